The average Bonchev–Trinajstić information content (AvgIpc) is 3.73. The lowest BCUT2D eigenvalue weighted by atomic mass is 9.94. The van der Waals surface area contributed by atoms with Crippen LogP contribution in [0, 0.1) is 24.2 Å². The van der Waals surface area contributed by atoms with E-state index in [0.717, 1.165) is 78.1 Å². The van der Waals surface area contributed by atoms with Crippen LogP contribution in [0.2, 0.25) is 10.0 Å². The molecule has 5 aromatic rings. The quantitative estimate of drug-likeness (QED) is 0.127. The van der Waals surface area contributed by atoms with Crippen molar-refractivity contribution in [2.45, 2.75) is 58.3 Å². The van der Waals surface area contributed by atoms with Gasteiger partial charge in [-0.2, -0.15) is 10.4 Å². The topological polar surface area (TPSA) is 99.5 Å². The zero-order valence-corrected chi connectivity index (χ0v) is 32.4. The Labute approximate surface area is 327 Å². The van der Waals surface area contributed by atoms with Gasteiger partial charge in [0.25, 0.3) is 0 Å². The predicted octanol–water partition coefficient (Wildman–Crippen LogP) is 9.22. The summed E-state index contributed by atoms with van der Waals surface area (Å²) in [5.74, 6) is 2.79. The molecule has 0 spiro atoms. The summed E-state index contributed by atoms with van der Waals surface area (Å²) in [6, 6.07) is 22.0. The number of hydrogen-bond donors (Lipinski definition) is 1. The smallest absolute Gasteiger partial charge is 0.142 e. The number of pyridine rings is 1. The molecule has 0 radical (unpaired) electrons. The first-order valence-electron chi connectivity index (χ1n) is 18.7. The molecule has 0 bridgehead atoms. The summed E-state index contributed by atoms with van der Waals surface area (Å²) >= 11 is 14.0. The summed E-state index contributed by atoms with van der Waals surface area (Å²) in [4.78, 5) is 9.00. The Morgan fingerprint density at radius 3 is 2.54 bits per heavy atom. The van der Waals surface area contributed by atoms with Gasteiger partial charge in [0.05, 0.1) is 22.2 Å². The van der Waals surface area contributed by atoms with Crippen molar-refractivity contribution in [1.29, 1.82) is 5.26 Å². The summed E-state index contributed by atoms with van der Waals surface area (Å²) < 4.78 is 19.2. The van der Waals surface area contributed by atoms with E-state index < -0.39 is 0 Å². The van der Waals surface area contributed by atoms with E-state index in [4.69, 9.17) is 37.4 Å². The maximum Gasteiger partial charge on any atom is 0.142 e. The normalized spacial score (nSPS) is 17.9. The second-order valence-electron chi connectivity index (χ2n) is 14.5. The van der Waals surface area contributed by atoms with Gasteiger partial charge in [0.2, 0.25) is 0 Å². The molecule has 280 valence electrons. The predicted molar refractivity (Wildman–Crippen MR) is 212 cm³/mol. The van der Waals surface area contributed by atoms with Crippen LogP contribution in [0.3, 0.4) is 0 Å². The number of nitrogens with one attached hydrogen (secondary N) is 1. The largest absolute Gasteiger partial charge is 0.492 e. The van der Waals surface area contributed by atoms with Crippen molar-refractivity contribution >= 4 is 23.2 Å². The Hall–Kier alpha value is -4.59. The number of benzene rings is 3. The molecule has 0 amide bonds. The number of aromatic nitrogens is 3. The summed E-state index contributed by atoms with van der Waals surface area (Å²) in [6.45, 7) is 8.01. The van der Waals surface area contributed by atoms with E-state index >= 15 is 0 Å². The fraction of sp³-hybridized carbons (Fsp3) is 0.372. The first-order valence-corrected chi connectivity index (χ1v) is 19.4. The maximum atomic E-state index is 9.40. The van der Waals surface area contributed by atoms with Crippen LogP contribution in [0.1, 0.15) is 65.1 Å². The Balaban J connectivity index is 1.09. The second-order valence-corrected chi connectivity index (χ2v) is 15.3. The Morgan fingerprint density at radius 1 is 0.870 bits per heavy atom. The summed E-state index contributed by atoms with van der Waals surface area (Å²) in [5.41, 5.74) is 7.45. The van der Waals surface area contributed by atoms with Crippen molar-refractivity contribution in [3.05, 3.63) is 123 Å². The Bertz CT molecular complexity index is 2080. The number of rotatable bonds is 13. The molecule has 2 atom stereocenters. The molecule has 2 unspecified atom stereocenters. The van der Waals surface area contributed by atoms with E-state index in [-0.39, 0.29) is 6.61 Å². The highest BCUT2D eigenvalue weighted by atomic mass is 35.5. The minimum Gasteiger partial charge on any atom is -0.492 e. The van der Waals surface area contributed by atoms with Gasteiger partial charge in [-0.25, -0.2) is 0 Å². The molecule has 1 N–H and O–H groups in total. The zero-order valence-electron chi connectivity index (χ0n) is 30.9. The molecule has 2 fully saturated rings. The summed E-state index contributed by atoms with van der Waals surface area (Å²) in [7, 11) is 2.17. The monoisotopic (exact) mass is 764 g/mol. The van der Waals surface area contributed by atoms with Crippen LogP contribution in [0.4, 0.5) is 0 Å². The molecule has 2 aromatic heterocycles. The molecular weight excluding hydrogens is 719 g/mol. The molecule has 4 heterocycles. The first-order chi connectivity index (χ1) is 26.3. The summed E-state index contributed by atoms with van der Waals surface area (Å²) in [6.07, 6.45) is 9.63. The van der Waals surface area contributed by atoms with Crippen LogP contribution in [0.15, 0.2) is 79.3 Å². The van der Waals surface area contributed by atoms with Gasteiger partial charge in [0.1, 0.15) is 36.5 Å². The van der Waals surface area contributed by atoms with Crippen LogP contribution in [-0.4, -0.2) is 64.8 Å². The van der Waals surface area contributed by atoms with Crippen LogP contribution in [0.25, 0.3) is 11.1 Å². The minimum atomic E-state index is 0.246. The Kier molecular flexibility index (Phi) is 12.4. The van der Waals surface area contributed by atoms with Crippen molar-refractivity contribution in [3.63, 3.8) is 0 Å². The highest BCUT2D eigenvalue weighted by Crippen LogP contribution is 2.39. The molecule has 0 aliphatic carbocycles. The number of H-pyrrole nitrogens is 1. The molecule has 3 aromatic carbocycles. The van der Waals surface area contributed by atoms with Crippen molar-refractivity contribution in [2.24, 2.45) is 5.92 Å². The highest BCUT2D eigenvalue weighted by Gasteiger charge is 2.25. The first kappa shape index (κ1) is 37.7. The molecule has 11 heteroatoms. The fourth-order valence-electron chi connectivity index (χ4n) is 7.66. The number of aromatic amines is 1. The second kappa shape index (κ2) is 17.7. The third kappa shape index (κ3) is 9.19. The van der Waals surface area contributed by atoms with Gasteiger partial charge in [0.15, 0.2) is 0 Å². The lowest BCUT2D eigenvalue weighted by molar-refractivity contribution is 0.150. The van der Waals surface area contributed by atoms with E-state index in [1.165, 1.54) is 12.8 Å². The number of nitrogens with zero attached hydrogens (tertiary/aromatic N) is 5. The van der Waals surface area contributed by atoms with Crippen molar-refractivity contribution in [2.75, 3.05) is 39.8 Å². The molecule has 54 heavy (non-hydrogen) atoms. The van der Waals surface area contributed by atoms with Gasteiger partial charge in [-0.1, -0.05) is 53.5 Å². The molecule has 2 aliphatic heterocycles. The molecule has 9 nitrogen and oxygen atoms in total. The number of nitriles is 1. The van der Waals surface area contributed by atoms with Crippen molar-refractivity contribution < 1.29 is 14.2 Å². The number of ether oxygens (including phenoxy) is 3. The number of likely N-dealkylation sites (tertiary alicyclic amines) is 2. The summed E-state index contributed by atoms with van der Waals surface area (Å²) in [5, 5.41) is 17.8. The number of halogens is 2. The Morgan fingerprint density at radius 2 is 1.70 bits per heavy atom. The highest BCUT2D eigenvalue weighted by molar-refractivity contribution is 6.35. The third-order valence-electron chi connectivity index (χ3n) is 10.6. The maximum absolute atomic E-state index is 9.40. The van der Waals surface area contributed by atoms with E-state index in [0.29, 0.717) is 64.5 Å². The average molecular weight is 766 g/mol. The van der Waals surface area contributed by atoms with E-state index in [2.05, 4.69) is 63.2 Å². The van der Waals surface area contributed by atoms with Gasteiger partial charge < -0.3 is 19.1 Å². The molecular formula is C43H46Cl2N6O3. The standard InChI is InChI=1S/C43H46Cl2N6O3/c1-29-34(8-3-10-36(29)37-11-4-12-40(43(37)45)52-26-30-7-5-15-50(2)23-30)28-54-42-19-41(53-27-32-17-31(20-46)21-47-22-32)35(18-38(42)44)25-51-16-6-9-33(24-51)39-13-14-48-49-39/h3-4,8,10-14,17-19,21-22,30,33H,5-7,9,15-16,23-28H2,1-2H3,(H,48,49). The number of piperidine rings is 2. The van der Waals surface area contributed by atoms with Gasteiger partial charge >= 0.3 is 0 Å². The molecule has 2 saturated heterocycles. The lowest BCUT2D eigenvalue weighted by Gasteiger charge is -2.32. The van der Waals surface area contributed by atoms with Gasteiger partial charge in [0, 0.05) is 78.5 Å². The third-order valence-corrected chi connectivity index (χ3v) is 11.3. The molecule has 2 aliphatic rings. The van der Waals surface area contributed by atoms with Gasteiger partial charge in [-0.3, -0.25) is 15.0 Å². The van der Waals surface area contributed by atoms with Crippen LogP contribution in [0.5, 0.6) is 17.2 Å². The van der Waals surface area contributed by atoms with Crippen LogP contribution in [-0.2, 0) is 19.8 Å². The SMILES string of the molecule is Cc1c(COc2cc(OCc3cncc(C#N)c3)c(CN3CCCC(c4ccn[nH]4)C3)cc2Cl)cccc1-c1cccc(OCC2CCCN(C)C2)c1Cl. The van der Waals surface area contributed by atoms with Crippen LogP contribution >= 0.6 is 23.2 Å². The van der Waals surface area contributed by atoms with E-state index in [9.17, 15) is 5.26 Å². The fourth-order valence-corrected chi connectivity index (χ4v) is 8.18. The van der Waals surface area contributed by atoms with E-state index in [1.807, 2.05) is 42.6 Å². The molecule has 0 saturated carbocycles. The lowest BCUT2D eigenvalue weighted by Crippen LogP contribution is -2.34. The van der Waals surface area contributed by atoms with Crippen LogP contribution < -0.4 is 14.2 Å². The van der Waals surface area contributed by atoms with Gasteiger partial charge in [-0.05, 0) is 93.7 Å². The minimum absolute atomic E-state index is 0.246. The van der Waals surface area contributed by atoms with E-state index in [1.54, 1.807) is 18.5 Å². The zero-order chi connectivity index (χ0) is 37.4. The van der Waals surface area contributed by atoms with Gasteiger partial charge in [-0.15, -0.1) is 0 Å². The van der Waals surface area contributed by atoms with Crippen molar-refractivity contribution in [3.8, 4) is 34.4 Å². The molecule has 7 rings (SSSR count). The number of hydrogen-bond acceptors (Lipinski definition) is 8. The van der Waals surface area contributed by atoms with Crippen molar-refractivity contribution in [1.82, 2.24) is 25.0 Å².